The highest BCUT2D eigenvalue weighted by Crippen LogP contribution is 2.29. The van der Waals surface area contributed by atoms with Crippen LogP contribution in [0.4, 0.5) is 5.69 Å². The van der Waals surface area contributed by atoms with Crippen molar-refractivity contribution in [3.63, 3.8) is 0 Å². The Balaban J connectivity index is 1.62. The molecule has 0 bridgehead atoms. The molecule has 4 rings (SSSR count). The number of carbonyl (C=O) groups is 1. The predicted molar refractivity (Wildman–Crippen MR) is 108 cm³/mol. The summed E-state index contributed by atoms with van der Waals surface area (Å²) in [5, 5.41) is 8.20. The van der Waals surface area contributed by atoms with Crippen LogP contribution in [0.5, 0.6) is 11.5 Å². The molecule has 0 aliphatic heterocycles. The maximum atomic E-state index is 12.6. The molecule has 1 N–H and O–H groups in total. The number of rotatable bonds is 5. The van der Waals surface area contributed by atoms with Gasteiger partial charge in [0.1, 0.15) is 12.9 Å². The predicted octanol–water partition coefficient (Wildman–Crippen LogP) is 2.35. The van der Waals surface area contributed by atoms with Crippen LogP contribution in [0.15, 0.2) is 47.5 Å². The topological polar surface area (TPSA) is 99.7 Å². The van der Waals surface area contributed by atoms with E-state index in [4.69, 9.17) is 21.1 Å². The van der Waals surface area contributed by atoms with Gasteiger partial charge in [0.05, 0.1) is 19.7 Å². The monoisotopic (exact) mass is 413 g/mol. The first-order valence-electron chi connectivity index (χ1n) is 8.55. The Hall–Kier alpha value is -3.59. The second-order valence-electron chi connectivity index (χ2n) is 6.16. The van der Waals surface area contributed by atoms with Crippen LogP contribution in [-0.4, -0.2) is 39.3 Å². The molecular formula is C19H16ClN5O4. The molecule has 2 heterocycles. The summed E-state index contributed by atoms with van der Waals surface area (Å²) >= 11 is 5.99. The lowest BCUT2D eigenvalue weighted by molar-refractivity contribution is -0.117. The van der Waals surface area contributed by atoms with Crippen molar-refractivity contribution in [2.45, 2.75) is 6.54 Å². The van der Waals surface area contributed by atoms with Crippen LogP contribution in [-0.2, 0) is 11.3 Å². The van der Waals surface area contributed by atoms with Gasteiger partial charge in [0.15, 0.2) is 17.1 Å². The molecule has 0 fully saturated rings. The van der Waals surface area contributed by atoms with Crippen LogP contribution in [0.25, 0.3) is 16.6 Å². The van der Waals surface area contributed by atoms with Gasteiger partial charge in [-0.2, -0.15) is 0 Å². The number of carbonyl (C=O) groups excluding carboxylic acids is 1. The van der Waals surface area contributed by atoms with Crippen molar-refractivity contribution in [3.8, 4) is 11.5 Å². The summed E-state index contributed by atoms with van der Waals surface area (Å²) in [6.07, 6.45) is 1.37. The highest BCUT2D eigenvalue weighted by molar-refractivity contribution is 6.31. The van der Waals surface area contributed by atoms with Crippen LogP contribution < -0.4 is 20.5 Å². The highest BCUT2D eigenvalue weighted by atomic mass is 35.5. The Labute approximate surface area is 169 Å². The van der Waals surface area contributed by atoms with E-state index in [1.54, 1.807) is 36.4 Å². The van der Waals surface area contributed by atoms with E-state index in [0.29, 0.717) is 38.8 Å². The molecule has 0 radical (unpaired) electrons. The average molecular weight is 414 g/mol. The van der Waals surface area contributed by atoms with Gasteiger partial charge in [-0.05, 0) is 30.3 Å². The Morgan fingerprint density at radius 1 is 1.14 bits per heavy atom. The van der Waals surface area contributed by atoms with E-state index in [2.05, 4.69) is 15.4 Å². The first-order valence-corrected chi connectivity index (χ1v) is 8.93. The maximum Gasteiger partial charge on any atom is 0.352 e. The number of hydrogen-bond acceptors (Lipinski definition) is 6. The zero-order valence-electron chi connectivity index (χ0n) is 15.5. The van der Waals surface area contributed by atoms with E-state index < -0.39 is 11.6 Å². The fourth-order valence-electron chi connectivity index (χ4n) is 2.98. The molecule has 0 saturated heterocycles. The Bertz CT molecular complexity index is 1300. The number of methoxy groups -OCH3 is 2. The number of hydrogen-bond donors (Lipinski definition) is 1. The molecule has 2 aromatic carbocycles. The third-order valence-electron chi connectivity index (χ3n) is 4.34. The van der Waals surface area contributed by atoms with E-state index in [1.807, 2.05) is 0 Å². The molecule has 0 aliphatic rings. The Kier molecular flexibility index (Phi) is 4.81. The molecule has 2 aromatic heterocycles. The van der Waals surface area contributed by atoms with E-state index >= 15 is 0 Å². The summed E-state index contributed by atoms with van der Waals surface area (Å²) in [5.41, 5.74) is 1.05. The van der Waals surface area contributed by atoms with Crippen LogP contribution in [0.1, 0.15) is 0 Å². The summed E-state index contributed by atoms with van der Waals surface area (Å²) in [4.78, 5) is 29.3. The molecule has 9 nitrogen and oxygen atoms in total. The maximum absolute atomic E-state index is 12.6. The van der Waals surface area contributed by atoms with E-state index in [0.717, 1.165) is 4.68 Å². The minimum atomic E-state index is -0.466. The zero-order valence-corrected chi connectivity index (χ0v) is 16.3. The summed E-state index contributed by atoms with van der Waals surface area (Å²) in [6, 6.07) is 10.1. The quantitative estimate of drug-likeness (QED) is 0.539. The van der Waals surface area contributed by atoms with Crippen molar-refractivity contribution in [3.05, 3.63) is 58.2 Å². The molecule has 0 aliphatic carbocycles. The van der Waals surface area contributed by atoms with Gasteiger partial charge < -0.3 is 14.8 Å². The number of fused-ring (bicyclic) bond motifs is 3. The van der Waals surface area contributed by atoms with E-state index in [9.17, 15) is 9.59 Å². The lowest BCUT2D eigenvalue weighted by Gasteiger charge is -2.10. The smallest absolute Gasteiger partial charge is 0.352 e. The Morgan fingerprint density at radius 3 is 2.69 bits per heavy atom. The van der Waals surface area contributed by atoms with Crippen LogP contribution in [0, 0.1) is 0 Å². The number of amides is 1. The van der Waals surface area contributed by atoms with Gasteiger partial charge in [0, 0.05) is 22.2 Å². The third kappa shape index (κ3) is 3.47. The fraction of sp³-hybridized carbons (Fsp3) is 0.158. The average Bonchev–Trinajstić information content (AvgIpc) is 3.03. The number of benzene rings is 2. The first kappa shape index (κ1) is 18.8. The minimum absolute atomic E-state index is 0.260. The van der Waals surface area contributed by atoms with Crippen molar-refractivity contribution in [2.24, 2.45) is 0 Å². The van der Waals surface area contributed by atoms with Crippen molar-refractivity contribution < 1.29 is 14.3 Å². The van der Waals surface area contributed by atoms with Gasteiger partial charge in [-0.3, -0.25) is 4.79 Å². The summed E-state index contributed by atoms with van der Waals surface area (Å²) in [7, 11) is 3.03. The first-order chi connectivity index (χ1) is 14.0. The number of nitrogens with zero attached hydrogens (tertiary/aromatic N) is 4. The van der Waals surface area contributed by atoms with Gasteiger partial charge in [0.25, 0.3) is 0 Å². The number of halogens is 1. The fourth-order valence-corrected chi connectivity index (χ4v) is 3.15. The third-order valence-corrected chi connectivity index (χ3v) is 4.58. The Morgan fingerprint density at radius 2 is 1.93 bits per heavy atom. The van der Waals surface area contributed by atoms with Gasteiger partial charge in [-0.15, -0.1) is 5.10 Å². The molecule has 1 amide bonds. The van der Waals surface area contributed by atoms with Gasteiger partial charge >= 0.3 is 5.69 Å². The summed E-state index contributed by atoms with van der Waals surface area (Å²) < 4.78 is 12.8. The molecule has 148 valence electrons. The molecule has 0 unspecified atom stereocenters. The zero-order chi connectivity index (χ0) is 20.5. The molecule has 0 spiro atoms. The van der Waals surface area contributed by atoms with Crippen molar-refractivity contribution in [2.75, 3.05) is 19.5 Å². The summed E-state index contributed by atoms with van der Waals surface area (Å²) in [6.45, 7) is -0.260. The van der Waals surface area contributed by atoms with Crippen molar-refractivity contribution in [1.82, 2.24) is 19.2 Å². The normalized spacial score (nSPS) is 11.0. The van der Waals surface area contributed by atoms with E-state index in [-0.39, 0.29) is 6.54 Å². The molecule has 0 atom stereocenters. The number of aromatic nitrogens is 4. The second-order valence-corrected chi connectivity index (χ2v) is 6.59. The molecule has 29 heavy (non-hydrogen) atoms. The minimum Gasteiger partial charge on any atom is -0.493 e. The SMILES string of the molecule is COc1ccc(NC(=O)Cn2nc3c4ccc(Cl)cc4ncn3c2=O)cc1OC. The second kappa shape index (κ2) is 7.44. The number of nitrogens with one attached hydrogen (secondary N) is 1. The number of ether oxygens (including phenoxy) is 2. The van der Waals surface area contributed by atoms with Gasteiger partial charge in [-0.1, -0.05) is 11.6 Å². The molecule has 4 aromatic rings. The molecule has 0 saturated carbocycles. The standard InChI is InChI=1S/C19H16ClN5O4/c1-28-15-6-4-12(8-16(15)29-2)22-17(26)9-25-19(27)24-10-21-14-7-11(20)3-5-13(14)18(24)23-25/h3-8,10H,9H2,1-2H3,(H,22,26). The van der Waals surface area contributed by atoms with Crippen LogP contribution in [0.2, 0.25) is 5.02 Å². The molecule has 10 heteroatoms. The summed E-state index contributed by atoms with van der Waals surface area (Å²) in [5.74, 6) is 0.607. The van der Waals surface area contributed by atoms with Gasteiger partial charge in [0.2, 0.25) is 5.91 Å². The van der Waals surface area contributed by atoms with Gasteiger partial charge in [-0.25, -0.2) is 18.9 Å². The number of anilines is 1. The molecular weight excluding hydrogens is 398 g/mol. The highest BCUT2D eigenvalue weighted by Gasteiger charge is 2.14. The van der Waals surface area contributed by atoms with Crippen LogP contribution >= 0.6 is 11.6 Å². The van der Waals surface area contributed by atoms with Crippen LogP contribution in [0.3, 0.4) is 0 Å². The lowest BCUT2D eigenvalue weighted by atomic mass is 10.2. The van der Waals surface area contributed by atoms with E-state index in [1.165, 1.54) is 24.9 Å². The lowest BCUT2D eigenvalue weighted by Crippen LogP contribution is -2.28. The largest absolute Gasteiger partial charge is 0.493 e. The van der Waals surface area contributed by atoms with Crippen molar-refractivity contribution >= 4 is 39.7 Å². The van der Waals surface area contributed by atoms with Crippen molar-refractivity contribution in [1.29, 1.82) is 0 Å².